The molecule has 0 unspecified atom stereocenters. The number of aryl methyl sites for hydroxylation is 1. The van der Waals surface area contributed by atoms with Crippen LogP contribution in [0.1, 0.15) is 18.0 Å². The predicted molar refractivity (Wildman–Crippen MR) is 77.3 cm³/mol. The highest BCUT2D eigenvalue weighted by Gasteiger charge is 2.14. The highest BCUT2D eigenvalue weighted by atomic mass is 16.4. The molecule has 0 aliphatic carbocycles. The number of oxazole rings is 1. The summed E-state index contributed by atoms with van der Waals surface area (Å²) >= 11 is 0. The average Bonchev–Trinajstić information content (AvgIpc) is 3.04. The van der Waals surface area contributed by atoms with E-state index >= 15 is 0 Å². The summed E-state index contributed by atoms with van der Waals surface area (Å²) in [5.41, 5.74) is 2.62. The summed E-state index contributed by atoms with van der Waals surface area (Å²) in [4.78, 5) is 15.4. The van der Waals surface area contributed by atoms with E-state index < -0.39 is 5.97 Å². The van der Waals surface area contributed by atoms with Gasteiger partial charge < -0.3 is 9.52 Å². The van der Waals surface area contributed by atoms with Gasteiger partial charge in [-0.2, -0.15) is 5.10 Å². The second-order valence-corrected chi connectivity index (χ2v) is 4.61. The van der Waals surface area contributed by atoms with E-state index in [0.29, 0.717) is 22.6 Å². The quantitative estimate of drug-likeness (QED) is 0.795. The molecule has 0 atom stereocenters. The van der Waals surface area contributed by atoms with Crippen LogP contribution in [-0.4, -0.2) is 25.8 Å². The largest absolute Gasteiger partial charge is 0.481 e. The van der Waals surface area contributed by atoms with Crippen molar-refractivity contribution in [3.63, 3.8) is 0 Å². The highest BCUT2D eigenvalue weighted by molar-refractivity contribution is 5.90. The van der Waals surface area contributed by atoms with Crippen molar-refractivity contribution in [3.05, 3.63) is 48.1 Å². The molecule has 1 aromatic carbocycles. The number of para-hydroxylation sites is 2. The minimum Gasteiger partial charge on any atom is -0.481 e. The number of hydrogen-bond donors (Lipinski definition) is 1. The number of carboxylic acids is 1. The predicted octanol–water partition coefficient (Wildman–Crippen LogP) is 2.58. The van der Waals surface area contributed by atoms with Crippen molar-refractivity contribution in [3.8, 4) is 0 Å². The van der Waals surface area contributed by atoms with Crippen LogP contribution in [0, 0.1) is 0 Å². The molecule has 6 nitrogen and oxygen atoms in total. The molecule has 2 heterocycles. The van der Waals surface area contributed by atoms with Crippen molar-refractivity contribution in [1.29, 1.82) is 0 Å². The molecule has 0 spiro atoms. The summed E-state index contributed by atoms with van der Waals surface area (Å²) in [6, 6.07) is 9.12. The van der Waals surface area contributed by atoms with Gasteiger partial charge in [0.25, 0.3) is 0 Å². The number of carboxylic acid groups (broad SMARTS) is 1. The van der Waals surface area contributed by atoms with E-state index in [9.17, 15) is 4.79 Å². The van der Waals surface area contributed by atoms with Gasteiger partial charge in [0.2, 0.25) is 5.89 Å². The third-order valence-corrected chi connectivity index (χ3v) is 3.09. The Labute approximate surface area is 120 Å². The zero-order chi connectivity index (χ0) is 14.8. The van der Waals surface area contributed by atoms with Crippen LogP contribution in [-0.2, 0) is 11.8 Å². The lowest BCUT2D eigenvalue weighted by Gasteiger charge is -2.01. The SMILES string of the molecule is Cn1nccc1C=C(CC(=O)O)c1nc2ccccc2o1. The fourth-order valence-electron chi connectivity index (χ4n) is 2.07. The zero-order valence-corrected chi connectivity index (χ0v) is 11.4. The number of rotatable bonds is 4. The van der Waals surface area contributed by atoms with Gasteiger partial charge in [-0.05, 0) is 24.3 Å². The van der Waals surface area contributed by atoms with Gasteiger partial charge in [0.05, 0.1) is 12.1 Å². The van der Waals surface area contributed by atoms with E-state index in [-0.39, 0.29) is 6.42 Å². The number of aliphatic carboxylic acids is 1. The number of aromatic nitrogens is 3. The Morgan fingerprint density at radius 1 is 1.38 bits per heavy atom. The van der Waals surface area contributed by atoms with E-state index in [2.05, 4.69) is 10.1 Å². The van der Waals surface area contributed by atoms with E-state index in [1.807, 2.05) is 18.2 Å². The number of fused-ring (bicyclic) bond motifs is 1. The zero-order valence-electron chi connectivity index (χ0n) is 11.4. The number of hydrogen-bond acceptors (Lipinski definition) is 4. The molecule has 0 radical (unpaired) electrons. The Morgan fingerprint density at radius 3 is 2.86 bits per heavy atom. The molecule has 6 heteroatoms. The standard InChI is InChI=1S/C15H13N3O3/c1-18-11(6-7-16-18)8-10(9-14(19)20)15-17-12-4-2-3-5-13(12)21-15/h2-8H,9H2,1H3,(H,19,20). The Kier molecular flexibility index (Phi) is 3.27. The minimum absolute atomic E-state index is 0.169. The summed E-state index contributed by atoms with van der Waals surface area (Å²) in [6.07, 6.45) is 3.21. The smallest absolute Gasteiger partial charge is 0.308 e. The maximum absolute atomic E-state index is 11.1. The first-order valence-corrected chi connectivity index (χ1v) is 6.40. The monoisotopic (exact) mass is 283 g/mol. The molecular formula is C15H13N3O3. The summed E-state index contributed by atoms with van der Waals surface area (Å²) in [7, 11) is 1.79. The Bertz CT molecular complexity index is 796. The number of nitrogens with zero attached hydrogens (tertiary/aromatic N) is 3. The molecule has 106 valence electrons. The molecule has 0 fully saturated rings. The highest BCUT2D eigenvalue weighted by Crippen LogP contribution is 2.25. The molecule has 0 saturated carbocycles. The molecule has 0 aliphatic rings. The lowest BCUT2D eigenvalue weighted by molar-refractivity contribution is -0.135. The minimum atomic E-state index is -0.939. The summed E-state index contributed by atoms with van der Waals surface area (Å²) in [5, 5.41) is 13.1. The van der Waals surface area contributed by atoms with Crippen molar-refractivity contribution < 1.29 is 14.3 Å². The van der Waals surface area contributed by atoms with E-state index in [0.717, 1.165) is 5.69 Å². The first kappa shape index (κ1) is 13.1. The summed E-state index contributed by atoms with van der Waals surface area (Å²) < 4.78 is 7.30. The molecule has 0 amide bonds. The molecule has 0 aliphatic heterocycles. The molecule has 1 N–H and O–H groups in total. The molecule has 3 aromatic rings. The summed E-state index contributed by atoms with van der Waals surface area (Å²) in [5.74, 6) is -0.620. The third-order valence-electron chi connectivity index (χ3n) is 3.09. The maximum Gasteiger partial charge on any atom is 0.308 e. The molecule has 21 heavy (non-hydrogen) atoms. The Hall–Kier alpha value is -2.89. The van der Waals surface area contributed by atoms with E-state index in [1.165, 1.54) is 0 Å². The van der Waals surface area contributed by atoms with E-state index in [4.69, 9.17) is 9.52 Å². The first-order chi connectivity index (χ1) is 10.1. The van der Waals surface area contributed by atoms with Gasteiger partial charge in [-0.15, -0.1) is 0 Å². The average molecular weight is 283 g/mol. The van der Waals surface area contributed by atoms with Gasteiger partial charge in [0.15, 0.2) is 5.58 Å². The van der Waals surface area contributed by atoms with Gasteiger partial charge in [-0.1, -0.05) is 12.1 Å². The lowest BCUT2D eigenvalue weighted by atomic mass is 10.1. The maximum atomic E-state index is 11.1. The van der Waals surface area contributed by atoms with Crippen LogP contribution >= 0.6 is 0 Å². The van der Waals surface area contributed by atoms with Crippen LogP contribution in [0.5, 0.6) is 0 Å². The summed E-state index contributed by atoms with van der Waals surface area (Å²) in [6.45, 7) is 0. The topological polar surface area (TPSA) is 81.2 Å². The molecule has 2 aromatic heterocycles. The molecular weight excluding hydrogens is 270 g/mol. The van der Waals surface area contributed by atoms with Crippen molar-refractivity contribution in [2.24, 2.45) is 7.05 Å². The Morgan fingerprint density at radius 2 is 2.19 bits per heavy atom. The van der Waals surface area contributed by atoms with Gasteiger partial charge in [-0.25, -0.2) is 4.98 Å². The molecule has 0 saturated heterocycles. The van der Waals surface area contributed by atoms with Gasteiger partial charge in [0, 0.05) is 18.8 Å². The number of benzene rings is 1. The van der Waals surface area contributed by atoms with Crippen LogP contribution in [0.2, 0.25) is 0 Å². The van der Waals surface area contributed by atoms with Crippen LogP contribution < -0.4 is 0 Å². The van der Waals surface area contributed by atoms with Crippen molar-refractivity contribution in [2.45, 2.75) is 6.42 Å². The van der Waals surface area contributed by atoms with Crippen LogP contribution in [0.3, 0.4) is 0 Å². The first-order valence-electron chi connectivity index (χ1n) is 6.40. The van der Waals surface area contributed by atoms with E-state index in [1.54, 1.807) is 36.1 Å². The van der Waals surface area contributed by atoms with Crippen molar-refractivity contribution >= 4 is 28.7 Å². The Balaban J connectivity index is 2.08. The third kappa shape index (κ3) is 2.69. The van der Waals surface area contributed by atoms with Crippen LogP contribution in [0.4, 0.5) is 0 Å². The normalized spacial score (nSPS) is 12.0. The lowest BCUT2D eigenvalue weighted by Crippen LogP contribution is -1.99. The number of carbonyl (C=O) groups is 1. The molecule has 0 bridgehead atoms. The fraction of sp³-hybridized carbons (Fsp3) is 0.133. The van der Waals surface area contributed by atoms with Crippen LogP contribution in [0.25, 0.3) is 22.7 Å². The van der Waals surface area contributed by atoms with Crippen LogP contribution in [0.15, 0.2) is 40.9 Å². The van der Waals surface area contributed by atoms with Gasteiger partial charge >= 0.3 is 5.97 Å². The second kappa shape index (κ2) is 5.24. The second-order valence-electron chi connectivity index (χ2n) is 4.61. The van der Waals surface area contributed by atoms with Crippen molar-refractivity contribution in [2.75, 3.05) is 0 Å². The van der Waals surface area contributed by atoms with Gasteiger partial charge in [0.1, 0.15) is 5.52 Å². The van der Waals surface area contributed by atoms with Gasteiger partial charge in [-0.3, -0.25) is 9.48 Å². The van der Waals surface area contributed by atoms with Crippen molar-refractivity contribution in [1.82, 2.24) is 14.8 Å². The molecule has 3 rings (SSSR count). The fourth-order valence-corrected chi connectivity index (χ4v) is 2.07.